The zero-order valence-electron chi connectivity index (χ0n) is 17.8. The van der Waals surface area contributed by atoms with Crippen molar-refractivity contribution in [2.24, 2.45) is 11.8 Å². The molecule has 0 bridgehead atoms. The number of carbonyl (C=O) groups is 2. The molecular weight excluding hydrogens is 422 g/mol. The Kier molecular flexibility index (Phi) is 5.79. The van der Waals surface area contributed by atoms with Crippen LogP contribution in [0.3, 0.4) is 0 Å². The third kappa shape index (κ3) is 3.83. The first-order valence-corrected chi connectivity index (χ1v) is 10.9. The van der Waals surface area contributed by atoms with Gasteiger partial charge in [-0.25, -0.2) is 0 Å². The summed E-state index contributed by atoms with van der Waals surface area (Å²) in [5.74, 6) is -0.432. The van der Waals surface area contributed by atoms with E-state index in [-0.39, 0.29) is 46.5 Å². The quantitative estimate of drug-likeness (QED) is 0.391. The van der Waals surface area contributed by atoms with E-state index in [1.165, 1.54) is 12.1 Å². The molecule has 1 amide bonds. The molecule has 8 nitrogen and oxygen atoms in total. The molecule has 1 aromatic rings. The molecule has 4 rings (SSSR count). The lowest BCUT2D eigenvalue weighted by atomic mass is 9.74. The highest BCUT2D eigenvalue weighted by Crippen LogP contribution is 2.48. The highest BCUT2D eigenvalue weighted by Gasteiger charge is 2.53. The van der Waals surface area contributed by atoms with Crippen molar-refractivity contribution in [1.82, 2.24) is 9.80 Å². The van der Waals surface area contributed by atoms with Gasteiger partial charge in [0.1, 0.15) is 6.10 Å². The van der Waals surface area contributed by atoms with Crippen molar-refractivity contribution in [3.8, 4) is 0 Å². The lowest BCUT2D eigenvalue weighted by Gasteiger charge is -2.40. The maximum Gasteiger partial charge on any atom is 0.290 e. The molecule has 1 saturated carbocycles. The van der Waals surface area contributed by atoms with E-state index in [9.17, 15) is 19.7 Å². The summed E-state index contributed by atoms with van der Waals surface area (Å²) in [5, 5.41) is 10.9. The first kappa shape index (κ1) is 21.8. The van der Waals surface area contributed by atoms with E-state index in [0.29, 0.717) is 37.1 Å². The molecule has 2 aliphatic heterocycles. The Labute approximate surface area is 185 Å². The summed E-state index contributed by atoms with van der Waals surface area (Å²) in [6.07, 6.45) is 0.808. The number of hydrogen-bond donors (Lipinski definition) is 0. The standard InChI is InChI=1S/C22H26ClN3O5/c1-12-10-17-15(11-16(12)23)20(27)18-19(13-4-6-14(7-5-13)26(29)30)25(9-8-24(2)3)22(28)21(18)31-17/h4-7,12,15-17,19H,8-11H2,1-3H3. The number of fused-ring (bicyclic) bond motifs is 1. The number of halogens is 1. The van der Waals surface area contributed by atoms with Gasteiger partial charge in [0.15, 0.2) is 11.5 Å². The van der Waals surface area contributed by atoms with E-state index in [1.54, 1.807) is 17.0 Å². The van der Waals surface area contributed by atoms with Crippen LogP contribution >= 0.6 is 11.6 Å². The van der Waals surface area contributed by atoms with Crippen molar-refractivity contribution in [2.75, 3.05) is 27.2 Å². The molecule has 1 fully saturated rings. The van der Waals surface area contributed by atoms with Gasteiger partial charge in [0.05, 0.1) is 22.5 Å². The molecule has 0 saturated heterocycles. The van der Waals surface area contributed by atoms with Crippen LogP contribution in [-0.2, 0) is 14.3 Å². The van der Waals surface area contributed by atoms with Crippen LogP contribution in [0.15, 0.2) is 35.6 Å². The van der Waals surface area contributed by atoms with Gasteiger partial charge in [0.2, 0.25) is 0 Å². The lowest BCUT2D eigenvalue weighted by Crippen LogP contribution is -2.44. The second-order valence-corrected chi connectivity index (χ2v) is 9.45. The van der Waals surface area contributed by atoms with Crippen LogP contribution in [0.2, 0.25) is 0 Å². The number of alkyl halides is 1. The van der Waals surface area contributed by atoms with Crippen LogP contribution in [0.5, 0.6) is 0 Å². The second kappa shape index (κ2) is 8.24. The average molecular weight is 448 g/mol. The molecule has 0 spiro atoms. The van der Waals surface area contributed by atoms with Crippen LogP contribution < -0.4 is 0 Å². The highest BCUT2D eigenvalue weighted by molar-refractivity contribution is 6.21. The highest BCUT2D eigenvalue weighted by atomic mass is 35.5. The molecular formula is C22H26ClN3O5. The van der Waals surface area contributed by atoms with Gasteiger partial charge in [-0.1, -0.05) is 6.92 Å². The van der Waals surface area contributed by atoms with Crippen LogP contribution in [0.1, 0.15) is 31.4 Å². The summed E-state index contributed by atoms with van der Waals surface area (Å²) in [6.45, 7) is 3.05. The van der Waals surface area contributed by atoms with E-state index < -0.39 is 11.0 Å². The van der Waals surface area contributed by atoms with Crippen LogP contribution in [0.25, 0.3) is 0 Å². The van der Waals surface area contributed by atoms with Crippen molar-refractivity contribution in [3.63, 3.8) is 0 Å². The molecule has 3 aliphatic rings. The maximum absolute atomic E-state index is 13.6. The van der Waals surface area contributed by atoms with E-state index in [0.717, 1.165) is 0 Å². The van der Waals surface area contributed by atoms with Crippen molar-refractivity contribution >= 4 is 29.0 Å². The van der Waals surface area contributed by atoms with E-state index in [2.05, 4.69) is 0 Å². The van der Waals surface area contributed by atoms with E-state index in [1.807, 2.05) is 25.9 Å². The number of nitro benzene ring substituents is 1. The fourth-order valence-electron chi connectivity index (χ4n) is 4.73. The summed E-state index contributed by atoms with van der Waals surface area (Å²) >= 11 is 6.47. The number of ketones is 1. The third-order valence-electron chi connectivity index (χ3n) is 6.51. The van der Waals surface area contributed by atoms with Gasteiger partial charge < -0.3 is 14.5 Å². The second-order valence-electron chi connectivity index (χ2n) is 8.89. The number of ether oxygens (including phenoxy) is 1. The van der Waals surface area contributed by atoms with Gasteiger partial charge >= 0.3 is 0 Å². The average Bonchev–Trinajstić information content (AvgIpc) is 3.00. The Bertz CT molecular complexity index is 945. The van der Waals surface area contributed by atoms with Gasteiger partial charge in [-0.15, -0.1) is 11.6 Å². The number of benzene rings is 1. The minimum atomic E-state index is -0.621. The molecule has 9 heteroatoms. The number of hydrogen-bond acceptors (Lipinski definition) is 6. The number of nitrogens with zero attached hydrogens (tertiary/aromatic N) is 3. The number of carbonyl (C=O) groups excluding carboxylic acids is 2. The predicted octanol–water partition coefficient (Wildman–Crippen LogP) is 2.92. The minimum Gasteiger partial charge on any atom is -0.483 e. The Balaban J connectivity index is 1.74. The summed E-state index contributed by atoms with van der Waals surface area (Å²) < 4.78 is 6.15. The molecule has 2 heterocycles. The Morgan fingerprint density at radius 2 is 1.90 bits per heavy atom. The Hall–Kier alpha value is -2.45. The smallest absolute Gasteiger partial charge is 0.290 e. The van der Waals surface area contributed by atoms with Crippen molar-refractivity contribution in [2.45, 2.75) is 37.3 Å². The number of amides is 1. The van der Waals surface area contributed by atoms with Crippen molar-refractivity contribution < 1.29 is 19.2 Å². The predicted molar refractivity (Wildman–Crippen MR) is 115 cm³/mol. The molecule has 0 radical (unpaired) electrons. The third-order valence-corrected chi connectivity index (χ3v) is 7.12. The van der Waals surface area contributed by atoms with Crippen LogP contribution in [0.4, 0.5) is 5.69 Å². The lowest BCUT2D eigenvalue weighted by molar-refractivity contribution is -0.384. The zero-order chi connectivity index (χ0) is 22.4. The Morgan fingerprint density at radius 3 is 2.52 bits per heavy atom. The van der Waals surface area contributed by atoms with Crippen LogP contribution in [-0.4, -0.2) is 65.1 Å². The molecule has 1 aliphatic carbocycles. The van der Waals surface area contributed by atoms with Crippen molar-refractivity contribution in [1.29, 1.82) is 0 Å². The van der Waals surface area contributed by atoms with Gasteiger partial charge in [-0.2, -0.15) is 0 Å². The summed E-state index contributed by atoms with van der Waals surface area (Å²) in [4.78, 5) is 41.1. The molecule has 31 heavy (non-hydrogen) atoms. The number of nitro groups is 1. The molecule has 5 atom stereocenters. The van der Waals surface area contributed by atoms with Crippen molar-refractivity contribution in [3.05, 3.63) is 51.3 Å². The number of non-ortho nitro benzene ring substituents is 1. The molecule has 5 unspecified atom stereocenters. The van der Waals surface area contributed by atoms with Crippen LogP contribution in [0, 0.1) is 22.0 Å². The number of rotatable bonds is 5. The van der Waals surface area contributed by atoms with Gasteiger partial charge in [0.25, 0.3) is 11.6 Å². The first-order chi connectivity index (χ1) is 14.7. The zero-order valence-corrected chi connectivity index (χ0v) is 18.5. The molecule has 1 aromatic carbocycles. The van der Waals surface area contributed by atoms with E-state index >= 15 is 0 Å². The number of likely N-dealkylation sites (N-methyl/N-ethyl adjacent to an activating group) is 1. The fourth-order valence-corrected chi connectivity index (χ4v) is 5.02. The summed E-state index contributed by atoms with van der Waals surface area (Å²) in [7, 11) is 3.82. The van der Waals surface area contributed by atoms with Gasteiger partial charge in [-0.05, 0) is 50.6 Å². The minimum absolute atomic E-state index is 0.0420. The SMILES string of the molecule is CC1CC2OC3=C(C(=O)C2CC1Cl)C(c1ccc([N+](=O)[O-])cc1)N(CCN(C)C)C3=O. The summed E-state index contributed by atoms with van der Waals surface area (Å²) in [5.41, 5.74) is 0.974. The van der Waals surface area contributed by atoms with Gasteiger partial charge in [-0.3, -0.25) is 19.7 Å². The van der Waals surface area contributed by atoms with Gasteiger partial charge in [0, 0.05) is 30.6 Å². The normalized spacial score (nSPS) is 30.4. The largest absolute Gasteiger partial charge is 0.483 e. The molecule has 0 aromatic heterocycles. The monoisotopic (exact) mass is 447 g/mol. The number of Topliss-reactive ketones (excluding diaryl/α,β-unsaturated/α-hetero) is 1. The Morgan fingerprint density at radius 1 is 1.23 bits per heavy atom. The fraction of sp³-hybridized carbons (Fsp3) is 0.545. The maximum atomic E-state index is 13.6. The first-order valence-electron chi connectivity index (χ1n) is 10.5. The topological polar surface area (TPSA) is 93.0 Å². The molecule has 0 N–H and O–H groups in total. The van der Waals surface area contributed by atoms with E-state index in [4.69, 9.17) is 16.3 Å². The summed E-state index contributed by atoms with van der Waals surface area (Å²) in [6, 6.07) is 5.40. The molecule has 166 valence electrons.